The number of carbonyl (C=O) groups excluding carboxylic acids is 2. The molecule has 0 fully saturated rings. The summed E-state index contributed by atoms with van der Waals surface area (Å²) < 4.78 is 0. The van der Waals surface area contributed by atoms with E-state index >= 15 is 0 Å². The molecule has 0 radical (unpaired) electrons. The summed E-state index contributed by atoms with van der Waals surface area (Å²) in [4.78, 5) is 27.7. The van der Waals surface area contributed by atoms with Crippen LogP contribution < -0.4 is 10.6 Å². The van der Waals surface area contributed by atoms with E-state index in [2.05, 4.69) is 29.5 Å². The van der Waals surface area contributed by atoms with Crippen LogP contribution in [0.1, 0.15) is 31.7 Å². The largest absolute Gasteiger partial charge is 0.318 e. The van der Waals surface area contributed by atoms with E-state index in [0.717, 1.165) is 12.0 Å². The van der Waals surface area contributed by atoms with Crippen molar-refractivity contribution in [2.45, 2.75) is 26.2 Å². The van der Waals surface area contributed by atoms with E-state index in [4.69, 9.17) is 0 Å². The fraction of sp³-hybridized carbons (Fsp3) is 0.267. The number of rotatable bonds is 4. The molecule has 1 atom stereocenters. The van der Waals surface area contributed by atoms with Gasteiger partial charge in [0, 0.05) is 17.3 Å². The lowest BCUT2D eigenvalue weighted by atomic mass is 9.97. The number of aromatic nitrogens is 1. The fourth-order valence-corrected chi connectivity index (χ4v) is 2.40. The Balaban J connectivity index is 2.07. The lowest BCUT2D eigenvalue weighted by molar-refractivity contribution is -0.133. The van der Waals surface area contributed by atoms with Gasteiger partial charge in [-0.05, 0) is 24.0 Å². The summed E-state index contributed by atoms with van der Waals surface area (Å²) in [5, 5.41) is 7.26. The maximum Gasteiger partial charge on any atom is 0.315 e. The molecule has 1 aromatic heterocycles. The zero-order chi connectivity index (χ0) is 15.2. The molecule has 0 spiro atoms. The molecular weight excluding hydrogens is 286 g/mol. The number of benzene rings is 1. The van der Waals surface area contributed by atoms with Gasteiger partial charge in [0.05, 0.1) is 0 Å². The molecule has 0 saturated heterocycles. The van der Waals surface area contributed by atoms with Crippen LogP contribution in [0.15, 0.2) is 35.8 Å². The molecule has 21 heavy (non-hydrogen) atoms. The van der Waals surface area contributed by atoms with E-state index in [1.54, 1.807) is 17.6 Å². The highest BCUT2D eigenvalue weighted by Gasteiger charge is 2.17. The molecule has 0 saturated carbocycles. The van der Waals surface area contributed by atoms with Crippen LogP contribution in [-0.4, -0.2) is 16.8 Å². The van der Waals surface area contributed by atoms with E-state index in [1.165, 1.54) is 11.3 Å². The van der Waals surface area contributed by atoms with Gasteiger partial charge in [-0.3, -0.25) is 14.9 Å². The fourth-order valence-electron chi connectivity index (χ4n) is 1.88. The van der Waals surface area contributed by atoms with Crippen molar-refractivity contribution >= 4 is 34.0 Å². The van der Waals surface area contributed by atoms with E-state index < -0.39 is 11.8 Å². The predicted molar refractivity (Wildman–Crippen MR) is 84.5 cm³/mol. The Morgan fingerprint density at radius 1 is 1.24 bits per heavy atom. The number of amides is 2. The Kier molecular flexibility index (Phi) is 5.05. The molecule has 2 aromatic rings. The summed E-state index contributed by atoms with van der Waals surface area (Å²) >= 11 is 1.26. The van der Waals surface area contributed by atoms with E-state index in [9.17, 15) is 9.59 Å². The first-order valence-corrected chi connectivity index (χ1v) is 7.60. The monoisotopic (exact) mass is 303 g/mol. The SMILES string of the molecule is CCC(C)c1ccccc1NC(=O)C(=O)Nc1nccs1. The van der Waals surface area contributed by atoms with Gasteiger partial charge in [-0.15, -0.1) is 11.3 Å². The maximum absolute atomic E-state index is 12.0. The summed E-state index contributed by atoms with van der Waals surface area (Å²) in [5.41, 5.74) is 1.70. The van der Waals surface area contributed by atoms with Crippen molar-refractivity contribution < 1.29 is 9.59 Å². The molecule has 0 aliphatic rings. The van der Waals surface area contributed by atoms with E-state index in [1.807, 2.05) is 18.2 Å². The highest BCUT2D eigenvalue weighted by atomic mass is 32.1. The van der Waals surface area contributed by atoms with Crippen molar-refractivity contribution in [3.63, 3.8) is 0 Å². The zero-order valence-corrected chi connectivity index (χ0v) is 12.7. The van der Waals surface area contributed by atoms with Crippen molar-refractivity contribution in [1.82, 2.24) is 4.98 Å². The quantitative estimate of drug-likeness (QED) is 0.852. The molecule has 6 heteroatoms. The lowest BCUT2D eigenvalue weighted by Crippen LogP contribution is -2.29. The van der Waals surface area contributed by atoms with Crippen LogP contribution in [-0.2, 0) is 9.59 Å². The second kappa shape index (κ2) is 6.99. The van der Waals surface area contributed by atoms with Gasteiger partial charge in [0.15, 0.2) is 5.13 Å². The van der Waals surface area contributed by atoms with Crippen LogP contribution in [0.3, 0.4) is 0 Å². The second-order valence-corrected chi connectivity index (χ2v) is 5.54. The molecule has 2 rings (SSSR count). The Hall–Kier alpha value is -2.21. The first kappa shape index (κ1) is 15.2. The zero-order valence-electron chi connectivity index (χ0n) is 11.9. The van der Waals surface area contributed by atoms with Crippen LogP contribution >= 0.6 is 11.3 Å². The summed E-state index contributed by atoms with van der Waals surface area (Å²) in [6, 6.07) is 7.52. The summed E-state index contributed by atoms with van der Waals surface area (Å²) in [6.07, 6.45) is 2.52. The standard InChI is InChI=1S/C15H17N3O2S/c1-3-10(2)11-6-4-5-7-12(11)17-13(19)14(20)18-15-16-8-9-21-15/h4-10H,3H2,1-2H3,(H,17,19)(H,16,18,20). The molecule has 2 N–H and O–H groups in total. The minimum Gasteiger partial charge on any atom is -0.318 e. The van der Waals surface area contributed by atoms with Gasteiger partial charge in [0.1, 0.15) is 0 Å². The number of thiazole rings is 1. The average Bonchev–Trinajstić information content (AvgIpc) is 2.99. The predicted octanol–water partition coefficient (Wildman–Crippen LogP) is 3.23. The van der Waals surface area contributed by atoms with Gasteiger partial charge in [0.25, 0.3) is 0 Å². The summed E-state index contributed by atoms with van der Waals surface area (Å²) in [6.45, 7) is 4.17. The number of nitrogens with zero attached hydrogens (tertiary/aromatic N) is 1. The number of para-hydroxylation sites is 1. The Labute approximate surface area is 127 Å². The van der Waals surface area contributed by atoms with Crippen LogP contribution in [0.2, 0.25) is 0 Å². The molecular formula is C15H17N3O2S. The van der Waals surface area contributed by atoms with Crippen LogP contribution in [0.5, 0.6) is 0 Å². The van der Waals surface area contributed by atoms with E-state index in [-0.39, 0.29) is 0 Å². The maximum atomic E-state index is 12.0. The van der Waals surface area contributed by atoms with E-state index in [0.29, 0.717) is 16.7 Å². The third kappa shape index (κ3) is 3.88. The molecule has 1 unspecified atom stereocenters. The van der Waals surface area contributed by atoms with Gasteiger partial charge in [-0.2, -0.15) is 0 Å². The Bertz CT molecular complexity index is 626. The summed E-state index contributed by atoms with van der Waals surface area (Å²) in [7, 11) is 0. The summed E-state index contributed by atoms with van der Waals surface area (Å²) in [5.74, 6) is -1.10. The third-order valence-electron chi connectivity index (χ3n) is 3.21. The Morgan fingerprint density at radius 3 is 2.62 bits per heavy atom. The minimum absolute atomic E-state index is 0.309. The van der Waals surface area contributed by atoms with Crippen molar-refractivity contribution in [3.8, 4) is 0 Å². The van der Waals surface area contributed by atoms with Crippen LogP contribution in [0.4, 0.5) is 10.8 Å². The molecule has 0 aliphatic carbocycles. The number of carbonyl (C=O) groups is 2. The first-order valence-electron chi connectivity index (χ1n) is 6.72. The van der Waals surface area contributed by atoms with Gasteiger partial charge in [-0.1, -0.05) is 32.0 Å². The van der Waals surface area contributed by atoms with Crippen molar-refractivity contribution in [2.24, 2.45) is 0 Å². The molecule has 1 aromatic carbocycles. The normalized spacial score (nSPS) is 11.7. The highest BCUT2D eigenvalue weighted by Crippen LogP contribution is 2.26. The van der Waals surface area contributed by atoms with Gasteiger partial charge < -0.3 is 5.32 Å². The van der Waals surface area contributed by atoms with Crippen molar-refractivity contribution in [2.75, 3.05) is 10.6 Å². The number of hydrogen-bond acceptors (Lipinski definition) is 4. The molecule has 0 bridgehead atoms. The van der Waals surface area contributed by atoms with Gasteiger partial charge in [0.2, 0.25) is 0 Å². The number of nitrogens with one attached hydrogen (secondary N) is 2. The highest BCUT2D eigenvalue weighted by molar-refractivity contribution is 7.13. The van der Waals surface area contributed by atoms with Crippen molar-refractivity contribution in [3.05, 3.63) is 41.4 Å². The third-order valence-corrected chi connectivity index (χ3v) is 3.90. The topological polar surface area (TPSA) is 71.1 Å². The molecule has 2 amide bonds. The van der Waals surface area contributed by atoms with Gasteiger partial charge in [-0.25, -0.2) is 4.98 Å². The molecule has 1 heterocycles. The number of hydrogen-bond donors (Lipinski definition) is 2. The van der Waals surface area contributed by atoms with Crippen molar-refractivity contribution in [1.29, 1.82) is 0 Å². The second-order valence-electron chi connectivity index (χ2n) is 4.64. The average molecular weight is 303 g/mol. The molecule has 110 valence electrons. The lowest BCUT2D eigenvalue weighted by Gasteiger charge is -2.15. The minimum atomic E-state index is -0.719. The smallest absolute Gasteiger partial charge is 0.315 e. The van der Waals surface area contributed by atoms with Crippen LogP contribution in [0.25, 0.3) is 0 Å². The molecule has 0 aliphatic heterocycles. The Morgan fingerprint density at radius 2 is 1.95 bits per heavy atom. The number of anilines is 2. The van der Waals surface area contributed by atoms with Crippen LogP contribution in [0, 0.1) is 0 Å². The van der Waals surface area contributed by atoms with Gasteiger partial charge >= 0.3 is 11.8 Å². The first-order chi connectivity index (χ1) is 10.1. The molecule has 5 nitrogen and oxygen atoms in total.